The molecule has 0 spiro atoms. The minimum atomic E-state index is 0.199. The molecule has 9 heteroatoms. The number of nitrogens with one attached hydrogen (secondary N) is 2. The van der Waals surface area contributed by atoms with Gasteiger partial charge in [-0.1, -0.05) is 0 Å². The van der Waals surface area contributed by atoms with E-state index in [0.717, 1.165) is 33.6 Å². The lowest BCUT2D eigenvalue weighted by Gasteiger charge is -2.05. The molecular weight excluding hydrogens is 366 g/mol. The smallest absolute Gasteiger partial charge is 0.223 e. The summed E-state index contributed by atoms with van der Waals surface area (Å²) in [6, 6.07) is 6.20. The van der Waals surface area contributed by atoms with Crippen LogP contribution in [0, 0.1) is 18.3 Å². The number of hydrogen-bond donors (Lipinski definition) is 2. The molecule has 0 bridgehead atoms. The summed E-state index contributed by atoms with van der Waals surface area (Å²) in [6.07, 6.45) is 5.87. The van der Waals surface area contributed by atoms with E-state index < -0.39 is 0 Å². The molecule has 146 valence electrons. The Kier molecular flexibility index (Phi) is 4.91. The SMILES string of the molecule is Cc1[nH]nc2ncc(-c3nn(C(C)C)cc3-c3ccnc(NCCC#N)n3)cc12. The Bertz CT molecular complexity index is 1200. The van der Waals surface area contributed by atoms with Crippen LogP contribution in [0.1, 0.15) is 32.0 Å². The monoisotopic (exact) mass is 387 g/mol. The van der Waals surface area contributed by atoms with E-state index >= 15 is 0 Å². The Morgan fingerprint density at radius 2 is 2.17 bits per heavy atom. The molecule has 0 aliphatic heterocycles. The molecule has 4 heterocycles. The zero-order valence-corrected chi connectivity index (χ0v) is 16.5. The molecule has 0 aromatic carbocycles. The summed E-state index contributed by atoms with van der Waals surface area (Å²) >= 11 is 0. The van der Waals surface area contributed by atoms with Gasteiger partial charge >= 0.3 is 0 Å². The number of aromatic amines is 1. The van der Waals surface area contributed by atoms with Crippen molar-refractivity contribution < 1.29 is 0 Å². The summed E-state index contributed by atoms with van der Waals surface area (Å²) < 4.78 is 1.92. The summed E-state index contributed by atoms with van der Waals surface area (Å²) in [7, 11) is 0. The van der Waals surface area contributed by atoms with E-state index in [-0.39, 0.29) is 6.04 Å². The fourth-order valence-electron chi connectivity index (χ4n) is 3.03. The van der Waals surface area contributed by atoms with Gasteiger partial charge in [0.05, 0.1) is 18.2 Å². The largest absolute Gasteiger partial charge is 0.353 e. The average Bonchev–Trinajstić information content (AvgIpc) is 3.33. The van der Waals surface area contributed by atoms with Crippen LogP contribution in [0.4, 0.5) is 5.95 Å². The van der Waals surface area contributed by atoms with Crippen molar-refractivity contribution >= 4 is 17.0 Å². The number of nitrogens with zero attached hydrogens (tertiary/aromatic N) is 7. The first kappa shape index (κ1) is 18.6. The molecule has 29 heavy (non-hydrogen) atoms. The second-order valence-corrected chi connectivity index (χ2v) is 7.01. The van der Waals surface area contributed by atoms with Gasteiger partial charge in [-0.05, 0) is 32.9 Å². The summed E-state index contributed by atoms with van der Waals surface area (Å²) in [6.45, 7) is 6.63. The maximum absolute atomic E-state index is 8.72. The number of hydrogen-bond acceptors (Lipinski definition) is 7. The van der Waals surface area contributed by atoms with Gasteiger partial charge in [-0.25, -0.2) is 15.0 Å². The zero-order valence-electron chi connectivity index (χ0n) is 16.5. The van der Waals surface area contributed by atoms with Gasteiger partial charge in [0.15, 0.2) is 5.65 Å². The molecule has 4 aromatic heterocycles. The van der Waals surface area contributed by atoms with E-state index in [4.69, 9.17) is 10.4 Å². The zero-order chi connectivity index (χ0) is 20.4. The normalized spacial score (nSPS) is 11.1. The highest BCUT2D eigenvalue weighted by Crippen LogP contribution is 2.32. The van der Waals surface area contributed by atoms with Gasteiger partial charge in [0.25, 0.3) is 0 Å². The Balaban J connectivity index is 1.80. The minimum Gasteiger partial charge on any atom is -0.353 e. The Labute approximate surface area is 167 Å². The fourth-order valence-corrected chi connectivity index (χ4v) is 3.03. The van der Waals surface area contributed by atoms with Crippen LogP contribution in [0.25, 0.3) is 33.5 Å². The highest BCUT2D eigenvalue weighted by atomic mass is 15.3. The fraction of sp³-hybridized carbons (Fsp3) is 0.300. The van der Waals surface area contributed by atoms with Crippen LogP contribution in [0.2, 0.25) is 0 Å². The Morgan fingerprint density at radius 3 is 2.97 bits per heavy atom. The second-order valence-electron chi connectivity index (χ2n) is 7.01. The van der Waals surface area contributed by atoms with Crippen molar-refractivity contribution in [3.05, 3.63) is 36.4 Å². The second kappa shape index (κ2) is 7.67. The molecule has 2 N–H and O–H groups in total. The van der Waals surface area contributed by atoms with Crippen LogP contribution in [-0.2, 0) is 0 Å². The number of H-pyrrole nitrogens is 1. The number of fused-ring (bicyclic) bond motifs is 1. The van der Waals surface area contributed by atoms with Crippen LogP contribution in [-0.4, -0.2) is 41.5 Å². The van der Waals surface area contributed by atoms with Gasteiger partial charge in [-0.2, -0.15) is 15.5 Å². The van der Waals surface area contributed by atoms with Gasteiger partial charge < -0.3 is 5.32 Å². The first-order chi connectivity index (χ1) is 14.1. The number of anilines is 1. The van der Waals surface area contributed by atoms with Gasteiger partial charge in [0.1, 0.15) is 5.69 Å². The van der Waals surface area contributed by atoms with Crippen molar-refractivity contribution in [1.29, 1.82) is 5.26 Å². The third-order valence-corrected chi connectivity index (χ3v) is 4.59. The van der Waals surface area contributed by atoms with Crippen molar-refractivity contribution in [1.82, 2.24) is 34.9 Å². The maximum Gasteiger partial charge on any atom is 0.223 e. The van der Waals surface area contributed by atoms with Crippen molar-refractivity contribution in [2.45, 2.75) is 33.2 Å². The molecule has 0 aliphatic carbocycles. The van der Waals surface area contributed by atoms with E-state index in [1.807, 2.05) is 29.9 Å². The highest BCUT2D eigenvalue weighted by Gasteiger charge is 2.18. The van der Waals surface area contributed by atoms with Crippen molar-refractivity contribution in [3.8, 4) is 28.6 Å². The first-order valence-electron chi connectivity index (χ1n) is 9.41. The number of aromatic nitrogens is 7. The lowest BCUT2D eigenvalue weighted by molar-refractivity contribution is 0.534. The molecule has 0 unspecified atom stereocenters. The topological polar surface area (TPSA) is 121 Å². The van der Waals surface area contributed by atoms with Crippen LogP contribution in [0.15, 0.2) is 30.7 Å². The summed E-state index contributed by atoms with van der Waals surface area (Å²) in [5.41, 5.74) is 4.99. The van der Waals surface area contributed by atoms with E-state index in [9.17, 15) is 0 Å². The molecule has 0 saturated heterocycles. The van der Waals surface area contributed by atoms with Gasteiger partial charge in [-0.3, -0.25) is 9.78 Å². The molecule has 0 aliphatic rings. The van der Waals surface area contributed by atoms with Gasteiger partial charge in [0.2, 0.25) is 5.95 Å². The van der Waals surface area contributed by atoms with Crippen molar-refractivity contribution in [2.75, 3.05) is 11.9 Å². The summed E-state index contributed by atoms with van der Waals surface area (Å²) in [4.78, 5) is 13.3. The predicted octanol–water partition coefficient (Wildman–Crippen LogP) is 3.49. The van der Waals surface area contributed by atoms with E-state index in [1.165, 1.54) is 0 Å². The molecule has 0 radical (unpaired) electrons. The molecule has 0 atom stereocenters. The molecule has 0 saturated carbocycles. The van der Waals surface area contributed by atoms with E-state index in [1.54, 1.807) is 12.4 Å². The molecule has 4 rings (SSSR count). The van der Waals surface area contributed by atoms with Crippen LogP contribution >= 0.6 is 0 Å². The molecular formula is C20H21N9. The third-order valence-electron chi connectivity index (χ3n) is 4.59. The standard InChI is InChI=1S/C20H21N9/c1-12(2)29-11-16(17-5-8-23-20(25-17)22-7-4-6-21)18(28-29)14-9-15-13(3)26-27-19(15)24-10-14/h5,8-12H,4,7H2,1-3H3,(H,22,23,25)(H,24,26,27). The number of rotatable bonds is 6. The minimum absolute atomic E-state index is 0.199. The lowest BCUT2D eigenvalue weighted by Crippen LogP contribution is -2.04. The van der Waals surface area contributed by atoms with Gasteiger partial charge in [-0.15, -0.1) is 0 Å². The van der Waals surface area contributed by atoms with Crippen LogP contribution in [0.3, 0.4) is 0 Å². The third kappa shape index (κ3) is 3.65. The lowest BCUT2D eigenvalue weighted by atomic mass is 10.1. The quantitative estimate of drug-likeness (QED) is 0.486. The Morgan fingerprint density at radius 1 is 1.31 bits per heavy atom. The summed E-state index contributed by atoms with van der Waals surface area (Å²) in [5, 5.41) is 24.7. The molecule has 9 nitrogen and oxygen atoms in total. The molecule has 4 aromatic rings. The molecule has 0 fully saturated rings. The van der Waals surface area contributed by atoms with E-state index in [0.29, 0.717) is 24.6 Å². The highest BCUT2D eigenvalue weighted by molar-refractivity contribution is 5.86. The number of aryl methyl sites for hydroxylation is 1. The number of nitriles is 1. The Hall–Kier alpha value is -3.80. The predicted molar refractivity (Wildman–Crippen MR) is 110 cm³/mol. The van der Waals surface area contributed by atoms with Crippen molar-refractivity contribution in [3.63, 3.8) is 0 Å². The summed E-state index contributed by atoms with van der Waals surface area (Å²) in [5.74, 6) is 0.486. The van der Waals surface area contributed by atoms with Crippen molar-refractivity contribution in [2.24, 2.45) is 0 Å². The average molecular weight is 387 g/mol. The van der Waals surface area contributed by atoms with Crippen LogP contribution in [0.5, 0.6) is 0 Å². The van der Waals surface area contributed by atoms with E-state index in [2.05, 4.69) is 50.4 Å². The first-order valence-corrected chi connectivity index (χ1v) is 9.41. The maximum atomic E-state index is 8.72. The van der Waals surface area contributed by atoms with Gasteiger partial charge in [0, 0.05) is 53.4 Å². The number of pyridine rings is 1. The molecule has 0 amide bonds. The van der Waals surface area contributed by atoms with Crippen LogP contribution < -0.4 is 5.32 Å².